The molecule has 84 valence electrons. The first kappa shape index (κ1) is 12.7. The smallest absolute Gasteiger partial charge is 0.183 e. The van der Waals surface area contributed by atoms with Gasteiger partial charge in [-0.1, -0.05) is 15.9 Å². The quantitative estimate of drug-likeness (QED) is 0.927. The predicted octanol–water partition coefficient (Wildman–Crippen LogP) is 1.99. The highest BCUT2D eigenvalue weighted by Gasteiger charge is 2.26. The Balaban J connectivity index is 3.12. The van der Waals surface area contributed by atoms with Crippen molar-refractivity contribution in [2.45, 2.75) is 30.1 Å². The molecule has 0 bridgehead atoms. The maximum atomic E-state index is 11.9. The van der Waals surface area contributed by atoms with E-state index >= 15 is 0 Å². The van der Waals surface area contributed by atoms with E-state index in [4.69, 9.17) is 0 Å². The van der Waals surface area contributed by atoms with Crippen molar-refractivity contribution < 1.29 is 13.5 Å². The van der Waals surface area contributed by atoms with Crippen LogP contribution in [0.15, 0.2) is 33.6 Å². The van der Waals surface area contributed by atoms with Gasteiger partial charge < -0.3 is 5.11 Å². The molecule has 1 aromatic rings. The second-order valence-electron chi connectivity index (χ2n) is 3.44. The van der Waals surface area contributed by atoms with Gasteiger partial charge in [0.2, 0.25) is 0 Å². The van der Waals surface area contributed by atoms with Crippen LogP contribution in [0.4, 0.5) is 0 Å². The summed E-state index contributed by atoms with van der Waals surface area (Å²) in [6.07, 6.45) is -0.876. The fourth-order valence-electron chi connectivity index (χ4n) is 1.10. The third-order valence-electron chi connectivity index (χ3n) is 2.31. The monoisotopic (exact) mass is 292 g/mol. The molecule has 2 atom stereocenters. The molecule has 3 nitrogen and oxygen atoms in total. The first-order valence-electron chi connectivity index (χ1n) is 4.53. The van der Waals surface area contributed by atoms with Gasteiger partial charge in [0.1, 0.15) is 0 Å². The summed E-state index contributed by atoms with van der Waals surface area (Å²) < 4.78 is 24.6. The lowest BCUT2D eigenvalue weighted by Crippen LogP contribution is -2.29. The highest BCUT2D eigenvalue weighted by atomic mass is 79.9. The van der Waals surface area contributed by atoms with Gasteiger partial charge in [0.05, 0.1) is 16.2 Å². The fraction of sp³-hybridized carbons (Fsp3) is 0.400. The van der Waals surface area contributed by atoms with Crippen LogP contribution in [0, 0.1) is 0 Å². The van der Waals surface area contributed by atoms with Crippen LogP contribution in [0.2, 0.25) is 0 Å². The summed E-state index contributed by atoms with van der Waals surface area (Å²) in [4.78, 5) is 0.235. The minimum atomic E-state index is -3.43. The Morgan fingerprint density at radius 3 is 2.07 bits per heavy atom. The average Bonchev–Trinajstić information content (AvgIpc) is 2.17. The Kier molecular flexibility index (Phi) is 3.92. The molecule has 0 saturated carbocycles. The Hall–Kier alpha value is -0.390. The van der Waals surface area contributed by atoms with E-state index in [1.54, 1.807) is 12.1 Å². The lowest BCUT2D eigenvalue weighted by atomic mass is 10.3. The van der Waals surface area contributed by atoms with Crippen LogP contribution in [-0.4, -0.2) is 24.9 Å². The van der Waals surface area contributed by atoms with Crippen molar-refractivity contribution in [3.05, 3.63) is 28.7 Å². The van der Waals surface area contributed by atoms with Crippen LogP contribution in [0.3, 0.4) is 0 Å². The second kappa shape index (κ2) is 4.63. The standard InChI is InChI=1S/C10H13BrO3S/c1-7(12)8(2)15(13,14)10-5-3-9(11)4-6-10/h3-8,12H,1-2H3. The SMILES string of the molecule is CC(O)C(C)S(=O)(=O)c1ccc(Br)cc1. The first-order chi connectivity index (χ1) is 6.85. The molecule has 0 aliphatic heterocycles. The topological polar surface area (TPSA) is 54.4 Å². The number of aliphatic hydroxyl groups excluding tert-OH is 1. The highest BCUT2D eigenvalue weighted by molar-refractivity contribution is 9.10. The molecule has 0 aliphatic carbocycles. The van der Waals surface area contributed by atoms with Crippen molar-refractivity contribution in [3.8, 4) is 0 Å². The predicted molar refractivity (Wildman–Crippen MR) is 62.5 cm³/mol. The average molecular weight is 293 g/mol. The summed E-state index contributed by atoms with van der Waals surface area (Å²) in [5.41, 5.74) is 0. The van der Waals surface area contributed by atoms with E-state index in [9.17, 15) is 13.5 Å². The van der Waals surface area contributed by atoms with Gasteiger partial charge in [0.25, 0.3) is 0 Å². The molecule has 0 saturated heterocycles. The molecule has 0 radical (unpaired) electrons. The third-order valence-corrected chi connectivity index (χ3v) is 5.14. The molecule has 0 amide bonds. The normalized spacial score (nSPS) is 16.0. The zero-order valence-corrected chi connectivity index (χ0v) is 10.9. The molecule has 15 heavy (non-hydrogen) atoms. The maximum absolute atomic E-state index is 11.9. The molecule has 0 spiro atoms. The molecule has 1 aromatic carbocycles. The lowest BCUT2D eigenvalue weighted by Gasteiger charge is -2.15. The summed E-state index contributed by atoms with van der Waals surface area (Å²) in [6.45, 7) is 2.98. The summed E-state index contributed by atoms with van der Waals surface area (Å²) >= 11 is 3.23. The van der Waals surface area contributed by atoms with Gasteiger partial charge in [-0.15, -0.1) is 0 Å². The third kappa shape index (κ3) is 2.80. The van der Waals surface area contributed by atoms with Gasteiger partial charge in [-0.05, 0) is 38.1 Å². The Morgan fingerprint density at radius 1 is 1.20 bits per heavy atom. The molecule has 0 fully saturated rings. The van der Waals surface area contributed by atoms with E-state index in [1.165, 1.54) is 26.0 Å². The van der Waals surface area contributed by atoms with Crippen molar-refractivity contribution in [3.63, 3.8) is 0 Å². The number of hydrogen-bond acceptors (Lipinski definition) is 3. The van der Waals surface area contributed by atoms with E-state index in [2.05, 4.69) is 15.9 Å². The minimum Gasteiger partial charge on any atom is -0.392 e. The fourth-order valence-corrected chi connectivity index (χ4v) is 2.83. The van der Waals surface area contributed by atoms with E-state index in [1.807, 2.05) is 0 Å². The second-order valence-corrected chi connectivity index (χ2v) is 6.67. The number of halogens is 1. The van der Waals surface area contributed by atoms with Crippen LogP contribution in [0.5, 0.6) is 0 Å². The van der Waals surface area contributed by atoms with Gasteiger partial charge in [-0.2, -0.15) is 0 Å². The largest absolute Gasteiger partial charge is 0.392 e. The van der Waals surface area contributed by atoms with Gasteiger partial charge in [-0.3, -0.25) is 0 Å². The molecule has 0 aromatic heterocycles. The van der Waals surface area contributed by atoms with Crippen LogP contribution in [0.25, 0.3) is 0 Å². The molecule has 0 heterocycles. The van der Waals surface area contributed by atoms with E-state index in [0.717, 1.165) is 4.47 Å². The van der Waals surface area contributed by atoms with Gasteiger partial charge in [0.15, 0.2) is 9.84 Å². The Morgan fingerprint density at radius 2 is 1.67 bits per heavy atom. The Labute approximate surface area is 98.2 Å². The summed E-state index contributed by atoms with van der Waals surface area (Å²) in [7, 11) is -3.43. The van der Waals surface area contributed by atoms with Gasteiger partial charge >= 0.3 is 0 Å². The van der Waals surface area contributed by atoms with Crippen molar-refractivity contribution in [2.75, 3.05) is 0 Å². The molecular formula is C10H13BrO3S. The molecular weight excluding hydrogens is 280 g/mol. The minimum absolute atomic E-state index is 0.235. The van der Waals surface area contributed by atoms with Gasteiger partial charge in [-0.25, -0.2) is 8.42 Å². The zero-order valence-electron chi connectivity index (χ0n) is 8.51. The molecule has 1 N–H and O–H groups in total. The van der Waals surface area contributed by atoms with E-state index in [-0.39, 0.29) is 4.90 Å². The van der Waals surface area contributed by atoms with Crippen molar-refractivity contribution in [1.29, 1.82) is 0 Å². The number of hydrogen-bond donors (Lipinski definition) is 1. The van der Waals surface area contributed by atoms with E-state index in [0.29, 0.717) is 0 Å². The van der Waals surface area contributed by atoms with Crippen LogP contribution >= 0.6 is 15.9 Å². The zero-order chi connectivity index (χ0) is 11.6. The summed E-state index contributed by atoms with van der Waals surface area (Å²) in [5, 5.41) is 8.49. The Bertz CT molecular complexity index is 422. The van der Waals surface area contributed by atoms with Crippen LogP contribution < -0.4 is 0 Å². The highest BCUT2D eigenvalue weighted by Crippen LogP contribution is 2.20. The van der Waals surface area contributed by atoms with Gasteiger partial charge in [0, 0.05) is 4.47 Å². The van der Waals surface area contributed by atoms with Crippen molar-refractivity contribution in [1.82, 2.24) is 0 Å². The molecule has 1 rings (SSSR count). The van der Waals surface area contributed by atoms with E-state index < -0.39 is 21.2 Å². The number of benzene rings is 1. The maximum Gasteiger partial charge on any atom is 0.183 e. The number of sulfone groups is 1. The van der Waals surface area contributed by atoms with Crippen LogP contribution in [0.1, 0.15) is 13.8 Å². The number of aliphatic hydroxyl groups is 1. The first-order valence-corrected chi connectivity index (χ1v) is 6.87. The summed E-state index contributed by atoms with van der Waals surface area (Å²) in [5.74, 6) is 0. The molecule has 2 unspecified atom stereocenters. The number of rotatable bonds is 3. The van der Waals surface area contributed by atoms with Crippen molar-refractivity contribution >= 4 is 25.8 Å². The lowest BCUT2D eigenvalue weighted by molar-refractivity contribution is 0.193. The molecule has 0 aliphatic rings. The summed E-state index contributed by atoms with van der Waals surface area (Å²) in [6, 6.07) is 6.39. The molecule has 5 heteroatoms. The van der Waals surface area contributed by atoms with Crippen molar-refractivity contribution in [2.24, 2.45) is 0 Å². The van der Waals surface area contributed by atoms with Crippen LogP contribution in [-0.2, 0) is 9.84 Å².